The molecule has 102 valence electrons. The van der Waals surface area contributed by atoms with Crippen LogP contribution in [0.25, 0.3) is 0 Å². The average molecular weight is 259 g/mol. The maximum Gasteiger partial charge on any atom is 0.239 e. The Balaban J connectivity index is 1.69. The molecule has 1 aromatic carbocycles. The first-order valence-corrected chi connectivity index (χ1v) is 7.08. The van der Waals surface area contributed by atoms with Gasteiger partial charge < -0.3 is 16.0 Å². The number of likely N-dealkylation sites (tertiary alicyclic amines) is 1. The highest BCUT2D eigenvalue weighted by Crippen LogP contribution is 2.27. The third-order valence-electron chi connectivity index (χ3n) is 4.26. The Bertz CT molecular complexity index is 442. The van der Waals surface area contributed by atoms with E-state index in [1.807, 2.05) is 23.1 Å². The van der Waals surface area contributed by atoms with Crippen molar-refractivity contribution < 1.29 is 4.79 Å². The van der Waals surface area contributed by atoms with E-state index in [1.54, 1.807) is 0 Å². The molecule has 2 heterocycles. The molecular formula is C15H21N3O. The van der Waals surface area contributed by atoms with Crippen LogP contribution in [0.1, 0.15) is 24.3 Å². The highest BCUT2D eigenvalue weighted by atomic mass is 16.2. The fraction of sp³-hybridized carbons (Fsp3) is 0.533. The van der Waals surface area contributed by atoms with Gasteiger partial charge in [-0.1, -0.05) is 30.3 Å². The lowest BCUT2D eigenvalue weighted by molar-refractivity contribution is -0.132. The van der Waals surface area contributed by atoms with Crippen molar-refractivity contribution in [2.24, 2.45) is 5.73 Å². The molecule has 2 fully saturated rings. The Labute approximate surface area is 114 Å². The number of nitrogens with one attached hydrogen (secondary N) is 1. The fourth-order valence-electron chi connectivity index (χ4n) is 3.18. The predicted molar refractivity (Wildman–Crippen MR) is 74.8 cm³/mol. The minimum Gasteiger partial charge on any atom is -0.339 e. The summed E-state index contributed by atoms with van der Waals surface area (Å²) in [6, 6.07) is 10.3. The molecule has 2 saturated heterocycles. The molecule has 3 N–H and O–H groups in total. The summed E-state index contributed by atoms with van der Waals surface area (Å²) in [6.45, 7) is 2.39. The highest BCUT2D eigenvalue weighted by Gasteiger charge is 2.36. The molecule has 2 aliphatic rings. The second-order valence-electron chi connectivity index (χ2n) is 5.57. The van der Waals surface area contributed by atoms with Crippen LogP contribution in [0, 0.1) is 0 Å². The van der Waals surface area contributed by atoms with Crippen molar-refractivity contribution >= 4 is 5.91 Å². The third-order valence-corrected chi connectivity index (χ3v) is 4.26. The minimum absolute atomic E-state index is 0.0155. The second kappa shape index (κ2) is 5.31. The Kier molecular flexibility index (Phi) is 3.53. The number of nitrogens with zero attached hydrogens (tertiary/aromatic N) is 1. The summed E-state index contributed by atoms with van der Waals surface area (Å²) in [6.07, 6.45) is 2.05. The Morgan fingerprint density at radius 1 is 1.26 bits per heavy atom. The zero-order valence-corrected chi connectivity index (χ0v) is 11.1. The van der Waals surface area contributed by atoms with Crippen LogP contribution in [0.4, 0.5) is 0 Å². The lowest BCUT2D eigenvalue weighted by atomic mass is 9.95. The van der Waals surface area contributed by atoms with E-state index < -0.39 is 0 Å². The first-order chi connectivity index (χ1) is 9.25. The van der Waals surface area contributed by atoms with Gasteiger partial charge in [-0.15, -0.1) is 0 Å². The van der Waals surface area contributed by atoms with Crippen molar-refractivity contribution in [2.45, 2.75) is 30.8 Å². The van der Waals surface area contributed by atoms with Crippen molar-refractivity contribution in [3.8, 4) is 0 Å². The monoisotopic (exact) mass is 259 g/mol. The maximum absolute atomic E-state index is 12.4. The quantitative estimate of drug-likeness (QED) is 0.821. The van der Waals surface area contributed by atoms with Gasteiger partial charge >= 0.3 is 0 Å². The summed E-state index contributed by atoms with van der Waals surface area (Å²) in [5.74, 6) is 0.498. The maximum atomic E-state index is 12.4. The van der Waals surface area contributed by atoms with Crippen LogP contribution >= 0.6 is 0 Å². The molecule has 1 aromatic rings. The molecular weight excluding hydrogens is 238 g/mol. The van der Waals surface area contributed by atoms with Crippen molar-refractivity contribution in [2.75, 3.05) is 19.6 Å². The lowest BCUT2D eigenvalue weighted by Gasteiger charge is -2.20. The molecule has 0 radical (unpaired) electrons. The van der Waals surface area contributed by atoms with Gasteiger partial charge in [0.05, 0.1) is 6.04 Å². The number of carbonyl (C=O) groups excluding carboxylic acids is 1. The molecule has 3 atom stereocenters. The largest absolute Gasteiger partial charge is 0.339 e. The van der Waals surface area contributed by atoms with Crippen LogP contribution in [-0.2, 0) is 4.79 Å². The molecule has 3 rings (SSSR count). The van der Waals surface area contributed by atoms with Crippen LogP contribution < -0.4 is 11.1 Å². The van der Waals surface area contributed by atoms with E-state index in [-0.39, 0.29) is 23.9 Å². The number of amides is 1. The summed E-state index contributed by atoms with van der Waals surface area (Å²) < 4.78 is 0. The number of hydrogen-bond acceptors (Lipinski definition) is 3. The lowest BCUT2D eigenvalue weighted by Crippen LogP contribution is -2.43. The third kappa shape index (κ3) is 2.51. The SMILES string of the molecule is N[C@@H]1CN(C(=O)[C@@H]2CCCN2)C[C@H]1c1ccccc1. The van der Waals surface area contributed by atoms with Crippen LogP contribution in [0.15, 0.2) is 30.3 Å². The van der Waals surface area contributed by atoms with Gasteiger partial charge in [0.1, 0.15) is 0 Å². The molecule has 4 nitrogen and oxygen atoms in total. The Morgan fingerprint density at radius 2 is 2.05 bits per heavy atom. The standard InChI is InChI=1S/C15H21N3O/c16-13-10-18(15(19)14-7-4-8-17-14)9-12(13)11-5-2-1-3-6-11/h1-3,5-6,12-14,17H,4,7-10,16H2/t12-,13+,14-/m0/s1. The molecule has 0 unspecified atom stereocenters. The topological polar surface area (TPSA) is 58.4 Å². The molecule has 1 amide bonds. The van der Waals surface area contributed by atoms with Crippen LogP contribution in [0.2, 0.25) is 0 Å². The van der Waals surface area contributed by atoms with Crippen LogP contribution in [0.5, 0.6) is 0 Å². The van der Waals surface area contributed by atoms with Crippen molar-refractivity contribution in [1.82, 2.24) is 10.2 Å². The summed E-state index contributed by atoms with van der Waals surface area (Å²) in [4.78, 5) is 14.3. The van der Waals surface area contributed by atoms with E-state index in [0.717, 1.165) is 25.9 Å². The van der Waals surface area contributed by atoms with Gasteiger partial charge in [-0.2, -0.15) is 0 Å². The number of hydrogen-bond donors (Lipinski definition) is 2. The van der Waals surface area contributed by atoms with Gasteiger partial charge in [-0.05, 0) is 24.9 Å². The van der Waals surface area contributed by atoms with Crippen molar-refractivity contribution in [3.05, 3.63) is 35.9 Å². The predicted octanol–water partition coefficient (Wildman–Crippen LogP) is 0.692. The van der Waals surface area contributed by atoms with Gasteiger partial charge in [0, 0.05) is 25.0 Å². The Hall–Kier alpha value is -1.39. The summed E-state index contributed by atoms with van der Waals surface area (Å²) in [5, 5.41) is 3.27. The van der Waals surface area contributed by atoms with E-state index in [0.29, 0.717) is 6.54 Å². The van der Waals surface area contributed by atoms with Gasteiger partial charge in [0.25, 0.3) is 0 Å². The molecule has 4 heteroatoms. The second-order valence-corrected chi connectivity index (χ2v) is 5.57. The normalized spacial score (nSPS) is 30.8. The zero-order valence-electron chi connectivity index (χ0n) is 11.1. The summed E-state index contributed by atoms with van der Waals surface area (Å²) >= 11 is 0. The molecule has 19 heavy (non-hydrogen) atoms. The number of nitrogens with two attached hydrogens (primary N) is 1. The molecule has 0 bridgehead atoms. The fourth-order valence-corrected chi connectivity index (χ4v) is 3.18. The molecule has 0 spiro atoms. The van der Waals surface area contributed by atoms with Gasteiger partial charge in [0.2, 0.25) is 5.91 Å². The van der Waals surface area contributed by atoms with E-state index in [2.05, 4.69) is 17.4 Å². The van der Waals surface area contributed by atoms with Crippen molar-refractivity contribution in [3.63, 3.8) is 0 Å². The number of benzene rings is 1. The van der Waals surface area contributed by atoms with Gasteiger partial charge in [-0.3, -0.25) is 4.79 Å². The molecule has 0 aromatic heterocycles. The number of carbonyl (C=O) groups is 1. The van der Waals surface area contributed by atoms with Gasteiger partial charge in [-0.25, -0.2) is 0 Å². The molecule has 0 aliphatic carbocycles. The number of rotatable bonds is 2. The minimum atomic E-state index is 0.0155. The smallest absolute Gasteiger partial charge is 0.239 e. The van der Waals surface area contributed by atoms with E-state index in [4.69, 9.17) is 5.73 Å². The zero-order chi connectivity index (χ0) is 13.2. The van der Waals surface area contributed by atoms with Crippen LogP contribution in [0.3, 0.4) is 0 Å². The van der Waals surface area contributed by atoms with Crippen molar-refractivity contribution in [1.29, 1.82) is 0 Å². The average Bonchev–Trinajstić information content (AvgIpc) is 3.08. The van der Waals surface area contributed by atoms with E-state index in [1.165, 1.54) is 5.56 Å². The highest BCUT2D eigenvalue weighted by molar-refractivity contribution is 5.82. The van der Waals surface area contributed by atoms with Gasteiger partial charge in [0.15, 0.2) is 0 Å². The van der Waals surface area contributed by atoms with E-state index >= 15 is 0 Å². The van der Waals surface area contributed by atoms with Crippen LogP contribution in [-0.4, -0.2) is 42.5 Å². The molecule has 0 saturated carbocycles. The summed E-state index contributed by atoms with van der Waals surface area (Å²) in [5.41, 5.74) is 7.46. The molecule has 2 aliphatic heterocycles. The summed E-state index contributed by atoms with van der Waals surface area (Å²) in [7, 11) is 0. The van der Waals surface area contributed by atoms with E-state index in [9.17, 15) is 4.79 Å². The Morgan fingerprint density at radius 3 is 2.74 bits per heavy atom. The first kappa shape index (κ1) is 12.6. The first-order valence-electron chi connectivity index (χ1n) is 7.08.